The van der Waals surface area contributed by atoms with E-state index in [0.717, 1.165) is 36.0 Å². The number of hydrogen-bond acceptors (Lipinski definition) is 4. The van der Waals surface area contributed by atoms with Gasteiger partial charge in [0.05, 0.1) is 0 Å². The fraction of sp³-hybridized carbons (Fsp3) is 0.333. The quantitative estimate of drug-likeness (QED) is 0.905. The summed E-state index contributed by atoms with van der Waals surface area (Å²) in [6, 6.07) is 6.43. The summed E-state index contributed by atoms with van der Waals surface area (Å²) in [5.74, 6) is 1.43. The van der Waals surface area contributed by atoms with E-state index in [2.05, 4.69) is 15.3 Å². The molecule has 0 bridgehead atoms. The summed E-state index contributed by atoms with van der Waals surface area (Å²) in [6.07, 6.45) is 1.55. The molecule has 2 aromatic rings. The highest BCUT2D eigenvalue weighted by Gasteiger charge is 2.14. The van der Waals surface area contributed by atoms with Crippen LogP contribution in [0.2, 0.25) is 0 Å². The predicted molar refractivity (Wildman–Crippen MR) is 80.0 cm³/mol. The minimum Gasteiger partial charge on any atom is -0.370 e. The van der Waals surface area contributed by atoms with Crippen molar-refractivity contribution in [3.05, 3.63) is 42.0 Å². The van der Waals surface area contributed by atoms with E-state index in [-0.39, 0.29) is 5.82 Å². The molecule has 1 heterocycles. The number of halogens is 1. The molecule has 0 saturated heterocycles. The van der Waals surface area contributed by atoms with Crippen molar-refractivity contribution in [3.63, 3.8) is 0 Å². The van der Waals surface area contributed by atoms with Crippen LogP contribution in [-0.4, -0.2) is 23.1 Å². The van der Waals surface area contributed by atoms with E-state index < -0.39 is 0 Å². The lowest BCUT2D eigenvalue weighted by molar-refractivity contribution is 0.627. The number of aromatic nitrogens is 2. The summed E-state index contributed by atoms with van der Waals surface area (Å²) in [6.45, 7) is 7.60. The molecule has 1 aromatic carbocycles. The smallest absolute Gasteiger partial charge is 0.141 e. The van der Waals surface area contributed by atoms with E-state index in [9.17, 15) is 4.39 Å². The minimum absolute atomic E-state index is 0.238. The lowest BCUT2D eigenvalue weighted by atomic mass is 10.2. The third-order valence-electron chi connectivity index (χ3n) is 3.11. The van der Waals surface area contributed by atoms with Crippen molar-refractivity contribution in [2.75, 3.05) is 23.3 Å². The molecule has 0 spiro atoms. The van der Waals surface area contributed by atoms with Crippen molar-refractivity contribution < 1.29 is 4.39 Å². The van der Waals surface area contributed by atoms with E-state index in [4.69, 9.17) is 0 Å². The zero-order chi connectivity index (χ0) is 14.5. The van der Waals surface area contributed by atoms with Crippen LogP contribution in [0.15, 0.2) is 30.6 Å². The lowest BCUT2D eigenvalue weighted by Gasteiger charge is -2.24. The zero-order valence-corrected chi connectivity index (χ0v) is 12.0. The molecule has 0 aliphatic heterocycles. The molecule has 0 aliphatic carbocycles. The fourth-order valence-corrected chi connectivity index (χ4v) is 2.13. The van der Waals surface area contributed by atoms with Crippen molar-refractivity contribution >= 4 is 17.3 Å². The van der Waals surface area contributed by atoms with Crippen LogP contribution in [0.5, 0.6) is 0 Å². The summed E-state index contributed by atoms with van der Waals surface area (Å²) in [5, 5.41) is 3.22. The number of benzene rings is 1. The molecular weight excluding hydrogens is 255 g/mol. The molecule has 106 valence electrons. The topological polar surface area (TPSA) is 41.1 Å². The van der Waals surface area contributed by atoms with E-state index in [0.29, 0.717) is 0 Å². The number of hydrogen-bond donors (Lipinski definition) is 1. The maximum Gasteiger partial charge on any atom is 0.141 e. The normalized spacial score (nSPS) is 10.4. The molecule has 0 aliphatic rings. The molecule has 20 heavy (non-hydrogen) atoms. The van der Waals surface area contributed by atoms with Gasteiger partial charge in [-0.2, -0.15) is 0 Å². The van der Waals surface area contributed by atoms with Crippen molar-refractivity contribution in [2.24, 2.45) is 0 Å². The molecule has 4 nitrogen and oxygen atoms in total. The van der Waals surface area contributed by atoms with Gasteiger partial charge in [-0.05, 0) is 45.0 Å². The Kier molecular flexibility index (Phi) is 4.50. The van der Waals surface area contributed by atoms with Crippen molar-refractivity contribution in [1.29, 1.82) is 0 Å². The number of anilines is 3. The Bertz CT molecular complexity index is 569. The summed E-state index contributed by atoms with van der Waals surface area (Å²) < 4.78 is 13.0. The molecule has 1 N–H and O–H groups in total. The van der Waals surface area contributed by atoms with Crippen LogP contribution in [0.1, 0.15) is 19.4 Å². The first-order valence-corrected chi connectivity index (χ1v) is 6.76. The second kappa shape index (κ2) is 6.32. The number of nitrogens with one attached hydrogen (secondary N) is 1. The molecule has 0 saturated carbocycles. The number of rotatable bonds is 5. The van der Waals surface area contributed by atoms with Gasteiger partial charge in [-0.25, -0.2) is 14.4 Å². The van der Waals surface area contributed by atoms with Crippen LogP contribution < -0.4 is 10.2 Å². The summed E-state index contributed by atoms with van der Waals surface area (Å²) in [4.78, 5) is 10.7. The van der Waals surface area contributed by atoms with Gasteiger partial charge in [-0.15, -0.1) is 0 Å². The van der Waals surface area contributed by atoms with Gasteiger partial charge in [-0.1, -0.05) is 0 Å². The molecule has 2 rings (SSSR count). The highest BCUT2D eigenvalue weighted by atomic mass is 19.1. The van der Waals surface area contributed by atoms with Crippen LogP contribution in [0.4, 0.5) is 21.7 Å². The molecule has 0 atom stereocenters. The number of nitrogens with zero attached hydrogens (tertiary/aromatic N) is 3. The lowest BCUT2D eigenvalue weighted by Crippen LogP contribution is -2.19. The third kappa shape index (κ3) is 2.87. The second-order valence-corrected chi connectivity index (χ2v) is 4.42. The second-order valence-electron chi connectivity index (χ2n) is 4.42. The van der Waals surface area contributed by atoms with Gasteiger partial charge in [0.1, 0.15) is 23.8 Å². The zero-order valence-electron chi connectivity index (χ0n) is 12.0. The highest BCUT2D eigenvalue weighted by molar-refractivity contribution is 5.66. The van der Waals surface area contributed by atoms with Crippen LogP contribution in [0, 0.1) is 12.7 Å². The first-order chi connectivity index (χ1) is 9.67. The molecule has 0 amide bonds. The Morgan fingerprint density at radius 1 is 1.15 bits per heavy atom. The minimum atomic E-state index is -0.238. The Balaban J connectivity index is 2.41. The Hall–Kier alpha value is -2.17. The Morgan fingerprint density at radius 2 is 1.85 bits per heavy atom. The van der Waals surface area contributed by atoms with Crippen LogP contribution in [0.25, 0.3) is 0 Å². The molecule has 0 radical (unpaired) electrons. The van der Waals surface area contributed by atoms with Gasteiger partial charge in [-0.3, -0.25) is 0 Å². The first kappa shape index (κ1) is 14.2. The van der Waals surface area contributed by atoms with Crippen molar-refractivity contribution in [2.45, 2.75) is 20.8 Å². The van der Waals surface area contributed by atoms with Gasteiger partial charge in [0.2, 0.25) is 0 Å². The largest absolute Gasteiger partial charge is 0.370 e. The Labute approximate surface area is 118 Å². The van der Waals surface area contributed by atoms with E-state index >= 15 is 0 Å². The molecular formula is C15H19FN4. The van der Waals surface area contributed by atoms with Gasteiger partial charge in [0.25, 0.3) is 0 Å². The monoisotopic (exact) mass is 274 g/mol. The van der Waals surface area contributed by atoms with Gasteiger partial charge in [0, 0.05) is 24.3 Å². The van der Waals surface area contributed by atoms with E-state index in [1.807, 2.05) is 25.7 Å². The third-order valence-corrected chi connectivity index (χ3v) is 3.11. The van der Waals surface area contributed by atoms with E-state index in [1.165, 1.54) is 12.1 Å². The predicted octanol–water partition coefficient (Wildman–Crippen LogP) is 3.51. The van der Waals surface area contributed by atoms with Gasteiger partial charge in [0.15, 0.2) is 0 Å². The maximum absolute atomic E-state index is 13.0. The van der Waals surface area contributed by atoms with E-state index in [1.54, 1.807) is 18.5 Å². The summed E-state index contributed by atoms with van der Waals surface area (Å²) in [7, 11) is 0. The standard InChI is InChI=1S/C15H19FN4/c1-4-17-14-11(3)15(19-10-18-14)20(5-2)13-8-6-12(16)7-9-13/h6-10H,4-5H2,1-3H3,(H,17,18,19). The molecule has 1 aromatic heterocycles. The first-order valence-electron chi connectivity index (χ1n) is 6.76. The van der Waals surface area contributed by atoms with Gasteiger partial charge < -0.3 is 10.2 Å². The fourth-order valence-electron chi connectivity index (χ4n) is 2.13. The average Bonchev–Trinajstić information content (AvgIpc) is 2.46. The molecule has 0 fully saturated rings. The van der Waals surface area contributed by atoms with Crippen LogP contribution in [-0.2, 0) is 0 Å². The maximum atomic E-state index is 13.0. The van der Waals surface area contributed by atoms with Crippen LogP contribution in [0.3, 0.4) is 0 Å². The van der Waals surface area contributed by atoms with Crippen LogP contribution >= 0.6 is 0 Å². The van der Waals surface area contributed by atoms with Crippen molar-refractivity contribution in [1.82, 2.24) is 9.97 Å². The average molecular weight is 274 g/mol. The molecule has 5 heteroatoms. The Morgan fingerprint density at radius 3 is 2.45 bits per heavy atom. The van der Waals surface area contributed by atoms with Crippen molar-refractivity contribution in [3.8, 4) is 0 Å². The highest BCUT2D eigenvalue weighted by Crippen LogP contribution is 2.28. The molecule has 0 unspecified atom stereocenters. The summed E-state index contributed by atoms with van der Waals surface area (Å²) in [5.41, 5.74) is 1.90. The summed E-state index contributed by atoms with van der Waals surface area (Å²) >= 11 is 0. The SMILES string of the molecule is CCNc1ncnc(N(CC)c2ccc(F)cc2)c1C. The van der Waals surface area contributed by atoms with Gasteiger partial charge >= 0.3 is 0 Å².